The van der Waals surface area contributed by atoms with E-state index < -0.39 is 0 Å². The van der Waals surface area contributed by atoms with Gasteiger partial charge in [0.1, 0.15) is 12.1 Å². The molecule has 2 aromatic rings. The number of rotatable bonds is 5. The maximum Gasteiger partial charge on any atom is 0.140 e. The highest BCUT2D eigenvalue weighted by Crippen LogP contribution is 2.21. The van der Waals surface area contributed by atoms with E-state index in [0.717, 1.165) is 16.7 Å². The summed E-state index contributed by atoms with van der Waals surface area (Å²) in [5.41, 5.74) is 0.907. The molecule has 0 aliphatic rings. The number of benzene rings is 1. The molecular formula is C13H15N3O. The van der Waals surface area contributed by atoms with Crippen molar-refractivity contribution in [1.82, 2.24) is 9.97 Å². The molecule has 0 atom stereocenters. The van der Waals surface area contributed by atoms with E-state index in [-0.39, 0.29) is 6.61 Å². The van der Waals surface area contributed by atoms with Crippen LogP contribution >= 0.6 is 0 Å². The van der Waals surface area contributed by atoms with Crippen molar-refractivity contribution in [1.29, 1.82) is 0 Å². The first-order valence-electron chi connectivity index (χ1n) is 5.53. The zero-order valence-electron chi connectivity index (χ0n) is 9.58. The normalized spacial score (nSPS) is 10.4. The highest BCUT2D eigenvalue weighted by Gasteiger charge is 2.09. The van der Waals surface area contributed by atoms with Crippen LogP contribution in [0.2, 0.25) is 0 Å². The van der Waals surface area contributed by atoms with E-state index in [2.05, 4.69) is 16.5 Å². The van der Waals surface area contributed by atoms with E-state index in [9.17, 15) is 0 Å². The molecule has 17 heavy (non-hydrogen) atoms. The third kappa shape index (κ3) is 2.42. The minimum Gasteiger partial charge on any atom is -0.395 e. The molecule has 0 saturated heterocycles. The summed E-state index contributed by atoms with van der Waals surface area (Å²) in [5, 5.41) is 10.1. The monoisotopic (exact) mass is 229 g/mol. The number of nitrogens with zero attached hydrogens (tertiary/aromatic N) is 3. The summed E-state index contributed by atoms with van der Waals surface area (Å²) in [4.78, 5) is 10.5. The molecule has 0 fully saturated rings. The van der Waals surface area contributed by atoms with Crippen molar-refractivity contribution in [3.05, 3.63) is 43.2 Å². The van der Waals surface area contributed by atoms with E-state index in [4.69, 9.17) is 5.11 Å². The van der Waals surface area contributed by atoms with E-state index >= 15 is 0 Å². The van der Waals surface area contributed by atoms with Gasteiger partial charge in [-0.1, -0.05) is 18.2 Å². The fourth-order valence-corrected chi connectivity index (χ4v) is 1.80. The van der Waals surface area contributed by atoms with Crippen LogP contribution in [0.25, 0.3) is 10.9 Å². The lowest BCUT2D eigenvalue weighted by Crippen LogP contribution is -2.27. The average Bonchev–Trinajstić information content (AvgIpc) is 2.38. The molecule has 0 bridgehead atoms. The van der Waals surface area contributed by atoms with Gasteiger partial charge in [0.15, 0.2) is 0 Å². The van der Waals surface area contributed by atoms with Crippen molar-refractivity contribution in [2.75, 3.05) is 24.6 Å². The van der Waals surface area contributed by atoms with Crippen molar-refractivity contribution in [3.63, 3.8) is 0 Å². The van der Waals surface area contributed by atoms with Crippen LogP contribution in [0.1, 0.15) is 0 Å². The number of hydrogen-bond donors (Lipinski definition) is 1. The number of aliphatic hydroxyl groups excluding tert-OH is 1. The predicted molar refractivity (Wildman–Crippen MR) is 69.0 cm³/mol. The molecular weight excluding hydrogens is 214 g/mol. The Morgan fingerprint density at radius 3 is 2.88 bits per heavy atom. The number of aromatic nitrogens is 2. The van der Waals surface area contributed by atoms with E-state index in [1.807, 2.05) is 29.2 Å². The van der Waals surface area contributed by atoms with Crippen LogP contribution in [0.4, 0.5) is 5.82 Å². The number of hydrogen-bond acceptors (Lipinski definition) is 4. The summed E-state index contributed by atoms with van der Waals surface area (Å²) in [6.45, 7) is 5.00. The van der Waals surface area contributed by atoms with Crippen molar-refractivity contribution in [2.45, 2.75) is 0 Å². The van der Waals surface area contributed by atoms with Gasteiger partial charge in [0.25, 0.3) is 0 Å². The summed E-state index contributed by atoms with van der Waals surface area (Å²) in [6, 6.07) is 7.84. The van der Waals surface area contributed by atoms with E-state index in [0.29, 0.717) is 13.1 Å². The SMILES string of the molecule is C=CCN(CCO)c1ncnc2ccccc12. The second-order valence-corrected chi connectivity index (χ2v) is 3.67. The molecule has 0 amide bonds. The van der Waals surface area contributed by atoms with Crippen LogP contribution in [0, 0.1) is 0 Å². The lowest BCUT2D eigenvalue weighted by molar-refractivity contribution is 0.303. The van der Waals surface area contributed by atoms with Gasteiger partial charge in [-0.25, -0.2) is 9.97 Å². The van der Waals surface area contributed by atoms with Gasteiger partial charge < -0.3 is 10.0 Å². The average molecular weight is 229 g/mol. The predicted octanol–water partition coefficient (Wildman–Crippen LogP) is 1.61. The Labute approximate surface area is 100 Å². The standard InChI is InChI=1S/C13H15N3O/c1-2-7-16(8-9-17)13-11-5-3-4-6-12(11)14-10-15-13/h2-6,10,17H,1,7-9H2. The van der Waals surface area contributed by atoms with E-state index in [1.54, 1.807) is 12.4 Å². The number of anilines is 1. The van der Waals surface area contributed by atoms with Gasteiger partial charge >= 0.3 is 0 Å². The molecule has 0 unspecified atom stereocenters. The first-order valence-corrected chi connectivity index (χ1v) is 5.53. The van der Waals surface area contributed by atoms with E-state index in [1.165, 1.54) is 0 Å². The lowest BCUT2D eigenvalue weighted by atomic mass is 10.2. The largest absolute Gasteiger partial charge is 0.395 e. The summed E-state index contributed by atoms with van der Waals surface area (Å²) in [7, 11) is 0. The van der Waals surface area contributed by atoms with Crippen LogP contribution in [-0.2, 0) is 0 Å². The molecule has 0 radical (unpaired) electrons. The number of para-hydroxylation sites is 1. The molecule has 4 nitrogen and oxygen atoms in total. The maximum absolute atomic E-state index is 9.08. The minimum absolute atomic E-state index is 0.0895. The van der Waals surface area contributed by atoms with Gasteiger partial charge in [0, 0.05) is 18.5 Å². The van der Waals surface area contributed by atoms with Crippen LogP contribution in [-0.4, -0.2) is 34.8 Å². The molecule has 1 heterocycles. The molecule has 0 spiro atoms. The number of aliphatic hydroxyl groups is 1. The molecule has 0 saturated carbocycles. The van der Waals surface area contributed by atoms with Gasteiger partial charge in [-0.3, -0.25) is 0 Å². The molecule has 1 aromatic carbocycles. The van der Waals surface area contributed by atoms with Crippen LogP contribution in [0.3, 0.4) is 0 Å². The Morgan fingerprint density at radius 2 is 2.12 bits per heavy atom. The Balaban J connectivity index is 2.48. The second-order valence-electron chi connectivity index (χ2n) is 3.67. The fraction of sp³-hybridized carbons (Fsp3) is 0.231. The highest BCUT2D eigenvalue weighted by atomic mass is 16.3. The van der Waals surface area contributed by atoms with Crippen molar-refractivity contribution >= 4 is 16.7 Å². The van der Waals surface area contributed by atoms with Crippen molar-refractivity contribution < 1.29 is 5.11 Å². The summed E-state index contributed by atoms with van der Waals surface area (Å²) in [5.74, 6) is 0.838. The van der Waals surface area contributed by atoms with Crippen LogP contribution in [0.5, 0.6) is 0 Å². The first-order chi connectivity index (χ1) is 8.36. The van der Waals surface area contributed by atoms with Gasteiger partial charge in [-0.15, -0.1) is 6.58 Å². The quantitative estimate of drug-likeness (QED) is 0.791. The molecule has 2 rings (SSSR count). The molecule has 0 aliphatic carbocycles. The Hall–Kier alpha value is -1.94. The van der Waals surface area contributed by atoms with Crippen LogP contribution in [0.15, 0.2) is 43.2 Å². The van der Waals surface area contributed by atoms with Crippen molar-refractivity contribution in [2.24, 2.45) is 0 Å². The van der Waals surface area contributed by atoms with Crippen LogP contribution < -0.4 is 4.90 Å². The molecule has 1 aromatic heterocycles. The van der Waals surface area contributed by atoms with Gasteiger partial charge in [0.05, 0.1) is 12.1 Å². The smallest absolute Gasteiger partial charge is 0.140 e. The fourth-order valence-electron chi connectivity index (χ4n) is 1.80. The van der Waals surface area contributed by atoms with Gasteiger partial charge in [-0.2, -0.15) is 0 Å². The highest BCUT2D eigenvalue weighted by molar-refractivity contribution is 5.89. The minimum atomic E-state index is 0.0895. The summed E-state index contributed by atoms with van der Waals surface area (Å²) >= 11 is 0. The lowest BCUT2D eigenvalue weighted by Gasteiger charge is -2.22. The molecule has 0 aliphatic heterocycles. The first kappa shape index (κ1) is 11.5. The molecule has 88 valence electrons. The van der Waals surface area contributed by atoms with Crippen molar-refractivity contribution in [3.8, 4) is 0 Å². The Bertz CT molecular complexity index is 507. The Kier molecular flexibility index (Phi) is 3.67. The molecule has 1 N–H and O–H groups in total. The molecule has 4 heteroatoms. The Morgan fingerprint density at radius 1 is 1.29 bits per heavy atom. The zero-order chi connectivity index (χ0) is 12.1. The summed E-state index contributed by atoms with van der Waals surface area (Å²) in [6.07, 6.45) is 3.34. The van der Waals surface area contributed by atoms with Gasteiger partial charge in [-0.05, 0) is 12.1 Å². The third-order valence-corrected chi connectivity index (χ3v) is 2.54. The summed E-state index contributed by atoms with van der Waals surface area (Å²) < 4.78 is 0. The van der Waals surface area contributed by atoms with Gasteiger partial charge in [0.2, 0.25) is 0 Å². The number of fused-ring (bicyclic) bond motifs is 1. The maximum atomic E-state index is 9.08. The zero-order valence-corrected chi connectivity index (χ0v) is 9.58. The third-order valence-electron chi connectivity index (χ3n) is 2.54. The second kappa shape index (κ2) is 5.41. The topological polar surface area (TPSA) is 49.2 Å².